The number of hydrogen-bond acceptors (Lipinski definition) is 8. The molecule has 0 saturated carbocycles. The summed E-state index contributed by atoms with van der Waals surface area (Å²) in [5, 5.41) is 4.12. The van der Waals surface area contributed by atoms with Gasteiger partial charge in [-0.2, -0.15) is 4.98 Å². The number of nitrogens with zero attached hydrogens (tertiary/aromatic N) is 3. The summed E-state index contributed by atoms with van der Waals surface area (Å²) in [5.74, 6) is 3.27. The van der Waals surface area contributed by atoms with Gasteiger partial charge in [-0.25, -0.2) is 0 Å². The number of hydrogen-bond donors (Lipinski definition) is 0. The second kappa shape index (κ2) is 9.05. The third-order valence-corrected chi connectivity index (χ3v) is 4.73. The van der Waals surface area contributed by atoms with Crippen LogP contribution in [0.5, 0.6) is 17.2 Å². The Balaban J connectivity index is 1.73. The quantitative estimate of drug-likeness (QED) is 0.695. The Labute approximate surface area is 159 Å². The summed E-state index contributed by atoms with van der Waals surface area (Å²) in [6.07, 6.45) is 2.20. The topological polar surface area (TPSA) is 79.1 Å². The van der Waals surface area contributed by atoms with Crippen molar-refractivity contribution in [2.45, 2.75) is 19.4 Å². The highest BCUT2D eigenvalue weighted by Gasteiger charge is 2.22. The van der Waals surface area contributed by atoms with Gasteiger partial charge in [0.2, 0.25) is 17.5 Å². The molecule has 1 fully saturated rings. The summed E-state index contributed by atoms with van der Waals surface area (Å²) in [7, 11) is 6.79. The summed E-state index contributed by atoms with van der Waals surface area (Å²) in [4.78, 5) is 6.74. The van der Waals surface area contributed by atoms with E-state index < -0.39 is 0 Å². The molecule has 8 nitrogen and oxygen atoms in total. The highest BCUT2D eigenvalue weighted by molar-refractivity contribution is 5.71. The van der Waals surface area contributed by atoms with Crippen molar-refractivity contribution in [1.82, 2.24) is 15.0 Å². The monoisotopic (exact) mass is 377 g/mol. The molecular weight excluding hydrogens is 350 g/mol. The molecule has 0 atom stereocenters. The maximum Gasteiger partial charge on any atom is 0.241 e. The third-order valence-electron chi connectivity index (χ3n) is 4.73. The molecule has 0 spiro atoms. The van der Waals surface area contributed by atoms with Gasteiger partial charge in [0.1, 0.15) is 0 Å². The molecule has 0 radical (unpaired) electrons. The summed E-state index contributed by atoms with van der Waals surface area (Å²) in [6.45, 7) is 3.28. The Morgan fingerprint density at radius 3 is 2.48 bits per heavy atom. The molecule has 0 N–H and O–H groups in total. The van der Waals surface area contributed by atoms with Crippen molar-refractivity contribution in [3.8, 4) is 28.6 Å². The van der Waals surface area contributed by atoms with E-state index in [0.717, 1.165) is 32.6 Å². The molecule has 0 amide bonds. The number of benzene rings is 1. The molecule has 1 aromatic heterocycles. The molecule has 1 aliphatic rings. The summed E-state index contributed by atoms with van der Waals surface area (Å²) < 4.78 is 27.1. The standard InChI is InChI=1S/C19H27N3O5/c1-22(11-13-7-9-26-10-8-13)12-16-20-19(21-27-16)14-5-6-15(23-2)18(25-4)17(14)24-3/h5-6,13H,7-12H2,1-4H3. The van der Waals surface area contributed by atoms with Gasteiger partial charge >= 0.3 is 0 Å². The van der Waals surface area contributed by atoms with E-state index in [-0.39, 0.29) is 0 Å². The smallest absolute Gasteiger partial charge is 0.241 e. The Kier molecular flexibility index (Phi) is 6.52. The van der Waals surface area contributed by atoms with Crippen LogP contribution in [0, 0.1) is 5.92 Å². The number of aromatic nitrogens is 2. The first kappa shape index (κ1) is 19.4. The van der Waals surface area contributed by atoms with Crippen molar-refractivity contribution < 1.29 is 23.5 Å². The average Bonchev–Trinajstić information content (AvgIpc) is 3.15. The van der Waals surface area contributed by atoms with Crippen molar-refractivity contribution in [3.63, 3.8) is 0 Å². The predicted octanol–water partition coefficient (Wildman–Crippen LogP) is 2.62. The van der Waals surface area contributed by atoms with Crippen LogP contribution in [0.25, 0.3) is 11.4 Å². The van der Waals surface area contributed by atoms with Crippen molar-refractivity contribution >= 4 is 0 Å². The molecule has 8 heteroatoms. The van der Waals surface area contributed by atoms with Crippen molar-refractivity contribution in [2.75, 3.05) is 48.1 Å². The van der Waals surface area contributed by atoms with Gasteiger partial charge in [-0.1, -0.05) is 5.16 Å². The molecule has 0 bridgehead atoms. The minimum atomic E-state index is 0.460. The molecule has 1 aromatic carbocycles. The van der Waals surface area contributed by atoms with Crippen molar-refractivity contribution in [3.05, 3.63) is 18.0 Å². The van der Waals surface area contributed by atoms with E-state index in [1.165, 1.54) is 0 Å². The first-order valence-corrected chi connectivity index (χ1v) is 9.04. The van der Waals surface area contributed by atoms with Crippen LogP contribution in [0.3, 0.4) is 0 Å². The first-order chi connectivity index (χ1) is 13.2. The lowest BCUT2D eigenvalue weighted by atomic mass is 10.00. The third kappa shape index (κ3) is 4.51. The fraction of sp³-hybridized carbons (Fsp3) is 0.579. The molecular formula is C19H27N3O5. The maximum absolute atomic E-state index is 5.51. The molecule has 0 aliphatic carbocycles. The van der Waals surface area contributed by atoms with Gasteiger partial charge in [0.05, 0.1) is 33.4 Å². The lowest BCUT2D eigenvalue weighted by Crippen LogP contribution is -2.29. The summed E-state index contributed by atoms with van der Waals surface area (Å²) in [6, 6.07) is 3.63. The van der Waals surface area contributed by atoms with Crippen molar-refractivity contribution in [1.29, 1.82) is 0 Å². The van der Waals surface area contributed by atoms with Crippen LogP contribution >= 0.6 is 0 Å². The van der Waals surface area contributed by atoms with Gasteiger partial charge in [-0.3, -0.25) is 4.90 Å². The van der Waals surface area contributed by atoms with Gasteiger partial charge in [0.15, 0.2) is 11.5 Å². The van der Waals surface area contributed by atoms with Gasteiger partial charge in [0, 0.05) is 19.8 Å². The molecule has 1 aliphatic heterocycles. The van der Waals surface area contributed by atoms with E-state index in [1.54, 1.807) is 27.4 Å². The van der Waals surface area contributed by atoms with Gasteiger partial charge in [-0.05, 0) is 37.9 Å². The molecule has 3 rings (SSSR count). The second-order valence-corrected chi connectivity index (χ2v) is 6.65. The second-order valence-electron chi connectivity index (χ2n) is 6.65. The highest BCUT2D eigenvalue weighted by Crippen LogP contribution is 2.43. The largest absolute Gasteiger partial charge is 0.493 e. The fourth-order valence-corrected chi connectivity index (χ4v) is 3.37. The Hall–Kier alpha value is -2.32. The zero-order chi connectivity index (χ0) is 19.2. The lowest BCUT2D eigenvalue weighted by Gasteiger charge is -2.26. The minimum absolute atomic E-state index is 0.460. The van der Waals surface area contributed by atoms with Crippen LogP contribution in [0.1, 0.15) is 18.7 Å². The summed E-state index contributed by atoms with van der Waals surface area (Å²) in [5.41, 5.74) is 0.692. The SMILES string of the molecule is COc1ccc(-c2noc(CN(C)CC3CCOCC3)n2)c(OC)c1OC. The van der Waals surface area contributed by atoms with Crippen LogP contribution in [0.4, 0.5) is 0 Å². The lowest BCUT2D eigenvalue weighted by molar-refractivity contribution is 0.0538. The van der Waals surface area contributed by atoms with Crippen LogP contribution in [0.15, 0.2) is 16.7 Å². The van der Waals surface area contributed by atoms with Gasteiger partial charge < -0.3 is 23.5 Å². The van der Waals surface area contributed by atoms with E-state index in [2.05, 4.69) is 22.1 Å². The first-order valence-electron chi connectivity index (χ1n) is 9.04. The Morgan fingerprint density at radius 1 is 1.07 bits per heavy atom. The van der Waals surface area contributed by atoms with E-state index in [9.17, 15) is 0 Å². The van der Waals surface area contributed by atoms with Crippen LogP contribution in [-0.2, 0) is 11.3 Å². The maximum atomic E-state index is 5.51. The fourth-order valence-electron chi connectivity index (χ4n) is 3.37. The van der Waals surface area contributed by atoms with Gasteiger partial charge in [-0.15, -0.1) is 0 Å². The van der Waals surface area contributed by atoms with Gasteiger partial charge in [0.25, 0.3) is 0 Å². The zero-order valence-electron chi connectivity index (χ0n) is 16.4. The van der Waals surface area contributed by atoms with Crippen LogP contribution < -0.4 is 14.2 Å². The molecule has 27 heavy (non-hydrogen) atoms. The van der Waals surface area contributed by atoms with Crippen molar-refractivity contribution in [2.24, 2.45) is 5.92 Å². The Morgan fingerprint density at radius 2 is 1.81 bits per heavy atom. The normalized spacial score (nSPS) is 15.1. The van der Waals surface area contributed by atoms with E-state index >= 15 is 0 Å². The molecule has 0 unspecified atom stereocenters. The molecule has 1 saturated heterocycles. The highest BCUT2D eigenvalue weighted by atomic mass is 16.5. The predicted molar refractivity (Wildman–Crippen MR) is 99.3 cm³/mol. The number of rotatable bonds is 8. The molecule has 148 valence electrons. The van der Waals surface area contributed by atoms with Crippen LogP contribution in [-0.4, -0.2) is 63.2 Å². The number of methoxy groups -OCH3 is 3. The number of ether oxygens (including phenoxy) is 4. The Bertz CT molecular complexity index is 743. The molecule has 2 aromatic rings. The average molecular weight is 377 g/mol. The van der Waals surface area contributed by atoms with E-state index in [4.69, 9.17) is 23.5 Å². The van der Waals surface area contributed by atoms with E-state index in [1.807, 2.05) is 6.07 Å². The van der Waals surface area contributed by atoms with E-state index in [0.29, 0.717) is 47.0 Å². The minimum Gasteiger partial charge on any atom is -0.493 e. The van der Waals surface area contributed by atoms with Crippen LogP contribution in [0.2, 0.25) is 0 Å². The summed E-state index contributed by atoms with van der Waals surface area (Å²) >= 11 is 0. The molecule has 2 heterocycles. The zero-order valence-corrected chi connectivity index (χ0v) is 16.4.